The minimum atomic E-state index is -0.234. The molecular weight excluding hydrogens is 221 g/mol. The molecule has 0 spiro atoms. The molecule has 0 aliphatic heterocycles. The van der Waals surface area contributed by atoms with Crippen LogP contribution >= 0.6 is 11.3 Å². The third kappa shape index (κ3) is 2.15. The number of benzene rings is 1. The zero-order chi connectivity index (χ0) is 11.5. The molecule has 2 N–H and O–H groups in total. The highest BCUT2D eigenvalue weighted by atomic mass is 32.1. The standard InChI is InChI=1S/C13H14FNS/c1-2-9-6-7-16-13(9)12(15)10-4-3-5-11(14)8-10/h3-8,12H,2,15H2,1H3. The molecule has 84 valence electrons. The SMILES string of the molecule is CCc1ccsc1C(N)c1cccc(F)c1. The number of aryl methyl sites for hydroxylation is 1. The van der Waals surface area contributed by atoms with E-state index in [0.29, 0.717) is 0 Å². The fourth-order valence-electron chi connectivity index (χ4n) is 1.76. The Morgan fingerprint density at radius 3 is 2.88 bits per heavy atom. The smallest absolute Gasteiger partial charge is 0.123 e. The largest absolute Gasteiger partial charge is 0.320 e. The van der Waals surface area contributed by atoms with Crippen molar-refractivity contribution in [3.8, 4) is 0 Å². The first-order chi connectivity index (χ1) is 7.72. The van der Waals surface area contributed by atoms with Crippen molar-refractivity contribution in [1.29, 1.82) is 0 Å². The van der Waals surface area contributed by atoms with E-state index in [9.17, 15) is 4.39 Å². The first kappa shape index (κ1) is 11.3. The van der Waals surface area contributed by atoms with E-state index < -0.39 is 0 Å². The van der Waals surface area contributed by atoms with Crippen LogP contribution in [0.5, 0.6) is 0 Å². The molecule has 2 rings (SSSR count). The fourth-order valence-corrected chi connectivity index (χ4v) is 2.79. The summed E-state index contributed by atoms with van der Waals surface area (Å²) >= 11 is 1.64. The molecule has 1 aromatic heterocycles. The second-order valence-corrected chi connectivity index (χ2v) is 4.64. The Labute approximate surface area is 98.7 Å². The van der Waals surface area contributed by atoms with Crippen molar-refractivity contribution in [2.45, 2.75) is 19.4 Å². The van der Waals surface area contributed by atoms with Gasteiger partial charge in [0.05, 0.1) is 6.04 Å². The summed E-state index contributed by atoms with van der Waals surface area (Å²) in [5, 5.41) is 2.04. The predicted octanol–water partition coefficient (Wildman–Crippen LogP) is 3.50. The molecule has 0 bridgehead atoms. The molecule has 0 saturated heterocycles. The summed E-state index contributed by atoms with van der Waals surface area (Å²) in [4.78, 5) is 1.13. The summed E-state index contributed by atoms with van der Waals surface area (Å²) in [5.41, 5.74) is 8.23. The lowest BCUT2D eigenvalue weighted by Gasteiger charge is -2.12. The van der Waals surface area contributed by atoms with Crippen LogP contribution in [0, 0.1) is 5.82 Å². The minimum absolute atomic E-state index is 0.217. The molecule has 1 heterocycles. The first-order valence-corrected chi connectivity index (χ1v) is 6.17. The number of nitrogens with two attached hydrogens (primary N) is 1. The molecule has 1 aromatic carbocycles. The topological polar surface area (TPSA) is 26.0 Å². The fraction of sp³-hybridized carbons (Fsp3) is 0.231. The maximum atomic E-state index is 13.1. The Bertz CT molecular complexity index is 478. The van der Waals surface area contributed by atoms with Crippen LogP contribution in [0.15, 0.2) is 35.7 Å². The zero-order valence-electron chi connectivity index (χ0n) is 9.11. The summed E-state index contributed by atoms with van der Waals surface area (Å²) in [6.45, 7) is 2.10. The minimum Gasteiger partial charge on any atom is -0.320 e. The number of thiophene rings is 1. The van der Waals surface area contributed by atoms with Crippen LogP contribution in [0.1, 0.15) is 29.0 Å². The summed E-state index contributed by atoms with van der Waals surface area (Å²) in [6.07, 6.45) is 0.960. The summed E-state index contributed by atoms with van der Waals surface area (Å²) in [6, 6.07) is 8.37. The first-order valence-electron chi connectivity index (χ1n) is 5.29. The lowest BCUT2D eigenvalue weighted by atomic mass is 10.0. The van der Waals surface area contributed by atoms with E-state index in [2.05, 4.69) is 13.0 Å². The van der Waals surface area contributed by atoms with Gasteiger partial charge in [-0.3, -0.25) is 0 Å². The van der Waals surface area contributed by atoms with Gasteiger partial charge in [-0.1, -0.05) is 19.1 Å². The van der Waals surface area contributed by atoms with Gasteiger partial charge < -0.3 is 5.73 Å². The van der Waals surface area contributed by atoms with E-state index in [1.165, 1.54) is 17.7 Å². The Hall–Kier alpha value is -1.19. The number of hydrogen-bond donors (Lipinski definition) is 1. The van der Waals surface area contributed by atoms with Crippen molar-refractivity contribution in [1.82, 2.24) is 0 Å². The van der Waals surface area contributed by atoms with E-state index in [4.69, 9.17) is 5.73 Å². The van der Waals surface area contributed by atoms with Gasteiger partial charge in [-0.15, -0.1) is 11.3 Å². The van der Waals surface area contributed by atoms with Gasteiger partial charge in [-0.05, 0) is 41.1 Å². The second kappa shape index (κ2) is 4.76. The molecule has 0 aliphatic carbocycles. The summed E-state index contributed by atoms with van der Waals surface area (Å²) in [5.74, 6) is -0.234. The molecule has 16 heavy (non-hydrogen) atoms. The van der Waals surface area contributed by atoms with Crippen LogP contribution in [-0.2, 0) is 6.42 Å². The molecule has 0 saturated carbocycles. The molecule has 0 radical (unpaired) electrons. The Kier molecular flexibility index (Phi) is 3.36. The molecule has 0 amide bonds. The highest BCUT2D eigenvalue weighted by Crippen LogP contribution is 2.28. The van der Waals surface area contributed by atoms with E-state index >= 15 is 0 Å². The molecule has 1 atom stereocenters. The van der Waals surface area contributed by atoms with Gasteiger partial charge in [0.1, 0.15) is 5.82 Å². The number of hydrogen-bond acceptors (Lipinski definition) is 2. The van der Waals surface area contributed by atoms with Gasteiger partial charge in [0, 0.05) is 4.88 Å². The molecule has 1 nitrogen and oxygen atoms in total. The van der Waals surface area contributed by atoms with Crippen molar-refractivity contribution < 1.29 is 4.39 Å². The average Bonchev–Trinajstić information content (AvgIpc) is 2.76. The van der Waals surface area contributed by atoms with Crippen molar-refractivity contribution in [3.05, 3.63) is 57.5 Å². The third-order valence-corrected chi connectivity index (χ3v) is 3.69. The van der Waals surface area contributed by atoms with Gasteiger partial charge in [0.15, 0.2) is 0 Å². The van der Waals surface area contributed by atoms with Gasteiger partial charge in [0.2, 0.25) is 0 Å². The Morgan fingerprint density at radius 2 is 2.19 bits per heavy atom. The van der Waals surface area contributed by atoms with Crippen LogP contribution in [0.4, 0.5) is 4.39 Å². The maximum absolute atomic E-state index is 13.1. The van der Waals surface area contributed by atoms with Crippen molar-refractivity contribution in [2.24, 2.45) is 5.73 Å². The lowest BCUT2D eigenvalue weighted by molar-refractivity contribution is 0.623. The van der Waals surface area contributed by atoms with Crippen LogP contribution < -0.4 is 5.73 Å². The van der Waals surface area contributed by atoms with E-state index in [-0.39, 0.29) is 11.9 Å². The van der Waals surface area contributed by atoms with Crippen LogP contribution in [-0.4, -0.2) is 0 Å². The Balaban J connectivity index is 2.35. The summed E-state index contributed by atoms with van der Waals surface area (Å²) in [7, 11) is 0. The molecule has 0 fully saturated rings. The van der Waals surface area contributed by atoms with Crippen molar-refractivity contribution >= 4 is 11.3 Å². The van der Waals surface area contributed by atoms with Gasteiger partial charge in [-0.25, -0.2) is 4.39 Å². The highest BCUT2D eigenvalue weighted by molar-refractivity contribution is 7.10. The van der Waals surface area contributed by atoms with Crippen molar-refractivity contribution in [2.75, 3.05) is 0 Å². The van der Waals surface area contributed by atoms with Crippen LogP contribution in [0.25, 0.3) is 0 Å². The average molecular weight is 235 g/mol. The quantitative estimate of drug-likeness (QED) is 0.865. The predicted molar refractivity (Wildman–Crippen MR) is 66.1 cm³/mol. The molecule has 1 unspecified atom stereocenters. The van der Waals surface area contributed by atoms with E-state index in [1.54, 1.807) is 17.4 Å². The van der Waals surface area contributed by atoms with Gasteiger partial charge >= 0.3 is 0 Å². The van der Waals surface area contributed by atoms with Crippen molar-refractivity contribution in [3.63, 3.8) is 0 Å². The highest BCUT2D eigenvalue weighted by Gasteiger charge is 2.14. The molecule has 2 aromatic rings. The summed E-state index contributed by atoms with van der Waals surface area (Å²) < 4.78 is 13.1. The maximum Gasteiger partial charge on any atom is 0.123 e. The second-order valence-electron chi connectivity index (χ2n) is 3.70. The lowest BCUT2D eigenvalue weighted by Crippen LogP contribution is -2.12. The third-order valence-electron chi connectivity index (χ3n) is 2.65. The van der Waals surface area contributed by atoms with E-state index in [0.717, 1.165) is 16.9 Å². The van der Waals surface area contributed by atoms with E-state index in [1.807, 2.05) is 11.4 Å². The molecule has 3 heteroatoms. The number of halogens is 1. The van der Waals surface area contributed by atoms with Crippen LogP contribution in [0.3, 0.4) is 0 Å². The molecular formula is C13H14FNS. The normalized spacial score (nSPS) is 12.7. The van der Waals surface area contributed by atoms with Gasteiger partial charge in [0.25, 0.3) is 0 Å². The monoisotopic (exact) mass is 235 g/mol. The molecule has 0 aliphatic rings. The number of rotatable bonds is 3. The zero-order valence-corrected chi connectivity index (χ0v) is 9.93. The Morgan fingerprint density at radius 1 is 1.38 bits per heavy atom. The van der Waals surface area contributed by atoms with Crippen LogP contribution in [0.2, 0.25) is 0 Å². The van der Waals surface area contributed by atoms with Gasteiger partial charge in [-0.2, -0.15) is 0 Å².